The van der Waals surface area contributed by atoms with E-state index >= 15 is 0 Å². The Hall–Kier alpha value is -2.37. The second-order valence-corrected chi connectivity index (χ2v) is 6.56. The van der Waals surface area contributed by atoms with E-state index < -0.39 is 5.82 Å². The van der Waals surface area contributed by atoms with Gasteiger partial charge in [-0.1, -0.05) is 0 Å². The Morgan fingerprint density at radius 2 is 2.00 bits per heavy atom. The highest BCUT2D eigenvalue weighted by Gasteiger charge is 2.44. The average Bonchev–Trinajstić information content (AvgIpc) is 3.21. The molecule has 2 unspecified atom stereocenters. The van der Waals surface area contributed by atoms with Crippen molar-refractivity contribution in [3.63, 3.8) is 0 Å². The zero-order valence-electron chi connectivity index (χ0n) is 13.6. The lowest BCUT2D eigenvalue weighted by atomic mass is 9.96. The van der Waals surface area contributed by atoms with Crippen molar-refractivity contribution in [1.82, 2.24) is 14.7 Å². The Bertz CT molecular complexity index is 733. The first kappa shape index (κ1) is 15.2. The Labute approximate surface area is 140 Å². The van der Waals surface area contributed by atoms with E-state index in [1.54, 1.807) is 12.3 Å². The minimum atomic E-state index is -0.498. The van der Waals surface area contributed by atoms with Crippen molar-refractivity contribution in [2.45, 2.75) is 43.8 Å². The minimum absolute atomic E-state index is 0.0806. The van der Waals surface area contributed by atoms with Crippen molar-refractivity contribution < 1.29 is 13.9 Å². The van der Waals surface area contributed by atoms with Crippen LogP contribution in [-0.4, -0.2) is 39.8 Å². The van der Waals surface area contributed by atoms with E-state index in [2.05, 4.69) is 5.10 Å². The summed E-state index contributed by atoms with van der Waals surface area (Å²) >= 11 is 0. The van der Waals surface area contributed by atoms with Crippen molar-refractivity contribution in [2.24, 2.45) is 0 Å². The van der Waals surface area contributed by atoms with Gasteiger partial charge in [0.2, 0.25) is 0 Å². The maximum atomic E-state index is 13.9. The molecule has 2 fully saturated rings. The molecule has 0 spiro atoms. The molecule has 4 rings (SSSR count). The molecule has 1 aromatic carbocycles. The quantitative estimate of drug-likeness (QED) is 0.869. The summed E-state index contributed by atoms with van der Waals surface area (Å²) in [5.74, 6) is -0.419. The van der Waals surface area contributed by atoms with E-state index in [1.807, 2.05) is 21.8 Å². The van der Waals surface area contributed by atoms with Gasteiger partial charge in [0, 0.05) is 30.0 Å². The van der Waals surface area contributed by atoms with Crippen LogP contribution in [0.4, 0.5) is 4.39 Å². The molecule has 1 aromatic heterocycles. The van der Waals surface area contributed by atoms with Crippen LogP contribution in [0.2, 0.25) is 0 Å². The summed E-state index contributed by atoms with van der Waals surface area (Å²) in [5.41, 5.74) is 0.391. The van der Waals surface area contributed by atoms with Crippen molar-refractivity contribution in [1.29, 1.82) is 0 Å². The van der Waals surface area contributed by atoms with Crippen molar-refractivity contribution in [2.75, 3.05) is 7.11 Å². The molecule has 6 heteroatoms. The summed E-state index contributed by atoms with van der Waals surface area (Å²) in [6.07, 6.45) is 7.60. The van der Waals surface area contributed by atoms with Crippen LogP contribution in [0.5, 0.6) is 5.75 Å². The second kappa shape index (κ2) is 5.92. The number of hydrogen-bond acceptors (Lipinski definition) is 3. The predicted molar refractivity (Wildman–Crippen MR) is 86.4 cm³/mol. The van der Waals surface area contributed by atoms with Crippen molar-refractivity contribution in [3.05, 3.63) is 48.0 Å². The third kappa shape index (κ3) is 2.46. The predicted octanol–water partition coefficient (Wildman–Crippen LogP) is 3.04. The molecule has 3 heterocycles. The number of rotatable bonds is 3. The second-order valence-electron chi connectivity index (χ2n) is 6.56. The number of halogens is 1. The van der Waals surface area contributed by atoms with E-state index in [0.717, 1.165) is 25.7 Å². The highest BCUT2D eigenvalue weighted by atomic mass is 19.1. The van der Waals surface area contributed by atoms with Gasteiger partial charge in [-0.25, -0.2) is 4.39 Å². The van der Waals surface area contributed by atoms with Crippen LogP contribution in [0.15, 0.2) is 36.7 Å². The van der Waals surface area contributed by atoms with Crippen molar-refractivity contribution in [3.8, 4) is 5.75 Å². The monoisotopic (exact) mass is 329 g/mol. The molecule has 0 N–H and O–H groups in total. The van der Waals surface area contributed by atoms with Crippen molar-refractivity contribution >= 4 is 5.91 Å². The summed E-state index contributed by atoms with van der Waals surface area (Å²) < 4.78 is 20.9. The molecule has 2 saturated heterocycles. The number of piperidine rings is 1. The zero-order valence-corrected chi connectivity index (χ0v) is 13.6. The van der Waals surface area contributed by atoms with Crippen LogP contribution in [0, 0.1) is 5.82 Å². The van der Waals surface area contributed by atoms with Gasteiger partial charge in [0.05, 0.1) is 13.2 Å². The van der Waals surface area contributed by atoms with Crippen LogP contribution in [0.3, 0.4) is 0 Å². The molecule has 0 saturated carbocycles. The van der Waals surface area contributed by atoms with E-state index in [0.29, 0.717) is 11.6 Å². The molecule has 24 heavy (non-hydrogen) atoms. The lowest BCUT2D eigenvalue weighted by molar-refractivity contribution is 0.0523. The number of benzene rings is 1. The Balaban J connectivity index is 1.55. The van der Waals surface area contributed by atoms with Crippen LogP contribution >= 0.6 is 0 Å². The van der Waals surface area contributed by atoms with Gasteiger partial charge in [-0.05, 0) is 49.9 Å². The summed E-state index contributed by atoms with van der Waals surface area (Å²) in [7, 11) is 1.42. The largest absolute Gasteiger partial charge is 0.494 e. The molecule has 1 amide bonds. The molecule has 2 bridgehead atoms. The lowest BCUT2D eigenvalue weighted by Gasteiger charge is -2.39. The van der Waals surface area contributed by atoms with E-state index in [9.17, 15) is 9.18 Å². The Morgan fingerprint density at radius 3 is 2.58 bits per heavy atom. The number of carbonyl (C=O) groups excluding carboxylic acids is 1. The Kier molecular flexibility index (Phi) is 3.75. The highest BCUT2D eigenvalue weighted by molar-refractivity contribution is 5.95. The summed E-state index contributed by atoms with van der Waals surface area (Å²) in [4.78, 5) is 14.9. The molecule has 0 aliphatic carbocycles. The van der Waals surface area contributed by atoms with Crippen LogP contribution < -0.4 is 4.74 Å². The van der Waals surface area contributed by atoms with Gasteiger partial charge in [0.25, 0.3) is 5.91 Å². The van der Waals surface area contributed by atoms with E-state index in [-0.39, 0.29) is 23.7 Å². The SMILES string of the molecule is COc1ccc(C(=O)N2C3CCC2CC(n2cccn2)C3)cc1F. The number of amides is 1. The molecule has 2 aliphatic heterocycles. The van der Waals surface area contributed by atoms with Gasteiger partial charge in [0.1, 0.15) is 0 Å². The van der Waals surface area contributed by atoms with Gasteiger partial charge in [0.15, 0.2) is 11.6 Å². The van der Waals surface area contributed by atoms with Gasteiger partial charge < -0.3 is 9.64 Å². The average molecular weight is 329 g/mol. The standard InChI is InChI=1S/C18H20FN3O2/c1-24-17-6-3-12(9-16(17)19)18(23)22-13-4-5-14(22)11-15(10-13)21-8-2-7-20-21/h2-3,6-9,13-15H,4-5,10-11H2,1H3. The molecular formula is C18H20FN3O2. The van der Waals surface area contributed by atoms with Gasteiger partial charge in [-0.3, -0.25) is 9.48 Å². The highest BCUT2D eigenvalue weighted by Crippen LogP contribution is 2.41. The zero-order chi connectivity index (χ0) is 16.7. The molecule has 5 nitrogen and oxygen atoms in total. The fraction of sp³-hybridized carbons (Fsp3) is 0.444. The first-order valence-corrected chi connectivity index (χ1v) is 8.32. The number of ether oxygens (including phenoxy) is 1. The first-order chi connectivity index (χ1) is 11.7. The fourth-order valence-electron chi connectivity index (χ4n) is 4.14. The van der Waals surface area contributed by atoms with Crippen LogP contribution in [-0.2, 0) is 0 Å². The summed E-state index contributed by atoms with van der Waals surface area (Å²) in [6.45, 7) is 0. The van der Waals surface area contributed by atoms with E-state index in [1.165, 1.54) is 19.2 Å². The Morgan fingerprint density at radius 1 is 1.25 bits per heavy atom. The minimum Gasteiger partial charge on any atom is -0.494 e. The molecule has 126 valence electrons. The van der Waals surface area contributed by atoms with Crippen LogP contribution in [0.1, 0.15) is 42.1 Å². The molecular weight excluding hydrogens is 309 g/mol. The number of hydrogen-bond donors (Lipinski definition) is 0. The number of aromatic nitrogens is 2. The third-order valence-corrected chi connectivity index (χ3v) is 5.24. The molecule has 2 aliphatic rings. The van der Waals surface area contributed by atoms with Gasteiger partial charge in [-0.2, -0.15) is 5.10 Å². The molecule has 0 radical (unpaired) electrons. The topological polar surface area (TPSA) is 47.4 Å². The number of methoxy groups -OCH3 is 1. The summed E-state index contributed by atoms with van der Waals surface area (Å²) in [6, 6.07) is 7.12. The normalized spacial score (nSPS) is 25.8. The van der Waals surface area contributed by atoms with E-state index in [4.69, 9.17) is 4.74 Å². The van der Waals surface area contributed by atoms with Gasteiger partial charge in [-0.15, -0.1) is 0 Å². The smallest absolute Gasteiger partial charge is 0.254 e. The molecule has 2 atom stereocenters. The maximum absolute atomic E-state index is 13.9. The summed E-state index contributed by atoms with van der Waals surface area (Å²) in [5, 5.41) is 4.35. The molecule has 2 aromatic rings. The first-order valence-electron chi connectivity index (χ1n) is 8.32. The van der Waals surface area contributed by atoms with Crippen LogP contribution in [0.25, 0.3) is 0 Å². The number of carbonyl (C=O) groups is 1. The fourth-order valence-corrected chi connectivity index (χ4v) is 4.14. The van der Waals surface area contributed by atoms with Gasteiger partial charge >= 0.3 is 0 Å². The third-order valence-electron chi connectivity index (χ3n) is 5.24. The lowest BCUT2D eigenvalue weighted by Crippen LogP contribution is -2.47. The maximum Gasteiger partial charge on any atom is 0.254 e. The number of fused-ring (bicyclic) bond motifs is 2. The number of nitrogens with zero attached hydrogens (tertiary/aromatic N) is 3.